The topological polar surface area (TPSA) is 161 Å². The third-order valence-corrected chi connectivity index (χ3v) is 4.10. The third-order valence-electron chi connectivity index (χ3n) is 4.10. The van der Waals surface area contributed by atoms with Crippen molar-refractivity contribution in [1.82, 2.24) is 0 Å². The number of nitrogens with zero attached hydrogens (tertiary/aromatic N) is 1. The number of fused-ring (bicyclic) bond motifs is 1. The largest absolute Gasteiger partial charge is 0.508 e. The standard InChI is InChI=1S/C15H10O7.C7H5NO/c16-7-4-10(19)12-11(5-7)22-15(14(21)13(12)20)6-1-2-8(17)9(18)3-6;9-6-8-7-4-2-1-3-5-7/h1-5,16-19,21H;1-5H. The van der Waals surface area contributed by atoms with Gasteiger partial charge in [-0.05, 0) is 30.3 Å². The minimum atomic E-state index is -0.888. The molecule has 4 aromatic rings. The van der Waals surface area contributed by atoms with Crippen LogP contribution in [-0.4, -0.2) is 31.6 Å². The molecule has 1 aromatic heterocycles. The van der Waals surface area contributed by atoms with Crippen molar-refractivity contribution in [1.29, 1.82) is 0 Å². The molecule has 4 rings (SSSR count). The third kappa shape index (κ3) is 4.47. The summed E-state index contributed by atoms with van der Waals surface area (Å²) in [6, 6.07) is 14.6. The van der Waals surface area contributed by atoms with Gasteiger partial charge in [0.1, 0.15) is 22.5 Å². The molecule has 156 valence electrons. The molecule has 0 aliphatic rings. The Kier molecular flexibility index (Phi) is 5.90. The molecule has 0 atom stereocenters. The van der Waals surface area contributed by atoms with Gasteiger partial charge in [-0.1, -0.05) is 18.2 Å². The summed E-state index contributed by atoms with van der Waals surface area (Å²) in [6.45, 7) is 0. The van der Waals surface area contributed by atoms with Gasteiger partial charge in [-0.3, -0.25) is 4.79 Å². The number of carbonyl (C=O) groups excluding carboxylic acids is 1. The van der Waals surface area contributed by atoms with Crippen molar-refractivity contribution >= 4 is 22.7 Å². The van der Waals surface area contributed by atoms with E-state index >= 15 is 0 Å². The maximum atomic E-state index is 12.1. The highest BCUT2D eigenvalue weighted by atomic mass is 16.4. The van der Waals surface area contributed by atoms with E-state index in [1.54, 1.807) is 12.1 Å². The normalized spacial score (nSPS) is 10.1. The molecule has 0 aliphatic heterocycles. The quantitative estimate of drug-likeness (QED) is 0.186. The Bertz CT molecular complexity index is 1360. The average molecular weight is 421 g/mol. The Labute approximate surface area is 174 Å². The summed E-state index contributed by atoms with van der Waals surface area (Å²) in [5, 5.41) is 47.6. The number of benzene rings is 3. The highest BCUT2D eigenvalue weighted by Crippen LogP contribution is 2.37. The lowest BCUT2D eigenvalue weighted by Gasteiger charge is -2.08. The van der Waals surface area contributed by atoms with Gasteiger partial charge in [0, 0.05) is 17.7 Å². The summed E-state index contributed by atoms with van der Waals surface area (Å²) in [6.07, 6.45) is 1.46. The van der Waals surface area contributed by atoms with Crippen LogP contribution in [0, 0.1) is 0 Å². The zero-order chi connectivity index (χ0) is 22.5. The molecule has 0 saturated heterocycles. The van der Waals surface area contributed by atoms with E-state index in [9.17, 15) is 35.1 Å². The molecule has 0 unspecified atom stereocenters. The van der Waals surface area contributed by atoms with Crippen LogP contribution in [-0.2, 0) is 4.79 Å². The van der Waals surface area contributed by atoms with Crippen molar-refractivity contribution in [3.8, 4) is 40.1 Å². The average Bonchev–Trinajstić information content (AvgIpc) is 2.74. The summed E-state index contributed by atoms with van der Waals surface area (Å²) < 4.78 is 5.35. The molecule has 0 amide bonds. The van der Waals surface area contributed by atoms with Crippen LogP contribution in [0.15, 0.2) is 74.9 Å². The number of phenolic OH excluding ortho intramolecular Hbond substituents is 4. The van der Waals surface area contributed by atoms with E-state index in [0.717, 1.165) is 24.3 Å². The molecule has 9 nitrogen and oxygen atoms in total. The number of isocyanates is 1. The molecule has 3 aromatic carbocycles. The van der Waals surface area contributed by atoms with Crippen molar-refractivity contribution in [2.24, 2.45) is 4.99 Å². The lowest BCUT2D eigenvalue weighted by atomic mass is 10.1. The lowest BCUT2D eigenvalue weighted by Crippen LogP contribution is -2.02. The maximum absolute atomic E-state index is 12.1. The predicted octanol–water partition coefficient (Wildman–Crippen LogP) is 3.64. The number of phenols is 4. The molecule has 31 heavy (non-hydrogen) atoms. The second kappa shape index (κ2) is 8.73. The van der Waals surface area contributed by atoms with Gasteiger partial charge in [-0.2, -0.15) is 4.99 Å². The molecule has 9 heteroatoms. The van der Waals surface area contributed by atoms with Gasteiger partial charge in [-0.15, -0.1) is 0 Å². The molecular weight excluding hydrogens is 406 g/mol. The van der Waals surface area contributed by atoms with Crippen LogP contribution in [0.2, 0.25) is 0 Å². The van der Waals surface area contributed by atoms with Gasteiger partial charge in [-0.25, -0.2) is 4.79 Å². The molecule has 0 spiro atoms. The summed E-state index contributed by atoms with van der Waals surface area (Å²) >= 11 is 0. The van der Waals surface area contributed by atoms with E-state index in [-0.39, 0.29) is 33.8 Å². The highest BCUT2D eigenvalue weighted by Gasteiger charge is 2.19. The lowest BCUT2D eigenvalue weighted by molar-refractivity contribution is 0.403. The van der Waals surface area contributed by atoms with Gasteiger partial charge >= 0.3 is 0 Å². The van der Waals surface area contributed by atoms with Crippen LogP contribution in [0.4, 0.5) is 5.69 Å². The number of para-hydroxylation sites is 1. The SMILES string of the molecule is O=C=Nc1ccccc1.O=c1c(O)c(-c2ccc(O)c(O)c2)oc2cc(O)cc(O)c12. The number of hydrogen-bond donors (Lipinski definition) is 5. The maximum Gasteiger partial charge on any atom is 0.240 e. The Morgan fingerprint density at radius 2 is 1.52 bits per heavy atom. The zero-order valence-corrected chi connectivity index (χ0v) is 15.7. The minimum absolute atomic E-state index is 0.134. The van der Waals surface area contributed by atoms with E-state index in [1.807, 2.05) is 18.2 Å². The Morgan fingerprint density at radius 3 is 2.16 bits per heavy atom. The van der Waals surface area contributed by atoms with E-state index in [2.05, 4.69) is 4.99 Å². The number of rotatable bonds is 2. The van der Waals surface area contributed by atoms with Crippen LogP contribution in [0.25, 0.3) is 22.3 Å². The van der Waals surface area contributed by atoms with Crippen molar-refractivity contribution in [3.63, 3.8) is 0 Å². The molecular formula is C22H15NO8. The Morgan fingerprint density at radius 1 is 0.806 bits per heavy atom. The molecule has 0 radical (unpaired) electrons. The molecule has 0 saturated carbocycles. The van der Waals surface area contributed by atoms with Crippen molar-refractivity contribution in [3.05, 3.63) is 70.9 Å². The highest BCUT2D eigenvalue weighted by molar-refractivity contribution is 5.88. The second-order valence-corrected chi connectivity index (χ2v) is 6.19. The van der Waals surface area contributed by atoms with Gasteiger partial charge in [0.15, 0.2) is 17.3 Å². The fourth-order valence-electron chi connectivity index (χ4n) is 2.69. The Balaban J connectivity index is 0.000000254. The van der Waals surface area contributed by atoms with Crippen molar-refractivity contribution in [2.45, 2.75) is 0 Å². The van der Waals surface area contributed by atoms with E-state index < -0.39 is 22.7 Å². The summed E-state index contributed by atoms with van der Waals surface area (Å²) in [5.41, 5.74) is -0.244. The van der Waals surface area contributed by atoms with Gasteiger partial charge in [0.05, 0.1) is 5.69 Å². The smallest absolute Gasteiger partial charge is 0.240 e. The van der Waals surface area contributed by atoms with Gasteiger partial charge < -0.3 is 29.9 Å². The summed E-state index contributed by atoms with van der Waals surface area (Å²) in [7, 11) is 0. The summed E-state index contributed by atoms with van der Waals surface area (Å²) in [4.78, 5) is 25.2. The zero-order valence-electron chi connectivity index (χ0n) is 15.7. The predicted molar refractivity (Wildman–Crippen MR) is 110 cm³/mol. The first kappa shape index (κ1) is 21.0. The fourth-order valence-corrected chi connectivity index (χ4v) is 2.69. The number of aliphatic imine (C=N–C) groups is 1. The second-order valence-electron chi connectivity index (χ2n) is 6.19. The molecule has 0 fully saturated rings. The van der Waals surface area contributed by atoms with Crippen LogP contribution >= 0.6 is 0 Å². The number of aromatic hydroxyl groups is 5. The van der Waals surface area contributed by atoms with Gasteiger partial charge in [0.25, 0.3) is 0 Å². The van der Waals surface area contributed by atoms with Crippen molar-refractivity contribution < 1.29 is 34.7 Å². The van der Waals surface area contributed by atoms with Crippen LogP contribution in [0.1, 0.15) is 0 Å². The first-order valence-corrected chi connectivity index (χ1v) is 8.69. The molecule has 5 N–H and O–H groups in total. The Hall–Kier alpha value is -4.75. The van der Waals surface area contributed by atoms with E-state index in [1.165, 1.54) is 12.1 Å². The molecule has 0 bridgehead atoms. The van der Waals surface area contributed by atoms with E-state index in [0.29, 0.717) is 5.69 Å². The first-order chi connectivity index (χ1) is 14.8. The molecule has 0 aliphatic carbocycles. The van der Waals surface area contributed by atoms with Gasteiger partial charge in [0.2, 0.25) is 17.3 Å². The minimum Gasteiger partial charge on any atom is -0.508 e. The summed E-state index contributed by atoms with van der Waals surface area (Å²) in [5.74, 6) is -2.71. The van der Waals surface area contributed by atoms with Crippen LogP contribution in [0.3, 0.4) is 0 Å². The van der Waals surface area contributed by atoms with Crippen LogP contribution in [0.5, 0.6) is 28.7 Å². The van der Waals surface area contributed by atoms with Crippen molar-refractivity contribution in [2.75, 3.05) is 0 Å². The van der Waals surface area contributed by atoms with E-state index in [4.69, 9.17) is 4.42 Å². The van der Waals surface area contributed by atoms with Crippen LogP contribution < -0.4 is 5.43 Å². The number of hydrogen-bond acceptors (Lipinski definition) is 9. The fraction of sp³-hybridized carbons (Fsp3) is 0. The monoisotopic (exact) mass is 421 g/mol. The first-order valence-electron chi connectivity index (χ1n) is 8.69. The molecule has 1 heterocycles.